The minimum Gasteiger partial charge on any atom is -0.497 e. The summed E-state index contributed by atoms with van der Waals surface area (Å²) in [6, 6.07) is 7.29. The van der Waals surface area contributed by atoms with E-state index in [9.17, 15) is 0 Å². The molecule has 0 radical (unpaired) electrons. The molecule has 0 saturated heterocycles. The highest BCUT2D eigenvalue weighted by Gasteiger charge is 2.17. The Labute approximate surface area is 116 Å². The molecule has 20 heavy (non-hydrogen) atoms. The molecular weight excluding hydrogens is 260 g/mol. The molecule has 0 saturated carbocycles. The van der Waals surface area contributed by atoms with Crippen LogP contribution in [0.5, 0.6) is 11.5 Å². The van der Waals surface area contributed by atoms with E-state index < -0.39 is 0 Å². The standard InChI is InChI=1S/C13H14N4O3/c1-18-8-12-10(7-14)15-16-17(12)11-5-4-9(19-2)6-13(11)20-3/h4-6H,8H2,1-3H3. The van der Waals surface area contributed by atoms with Crippen LogP contribution in [-0.4, -0.2) is 36.3 Å². The Balaban J connectivity index is 2.56. The second-order valence-electron chi connectivity index (χ2n) is 3.88. The molecule has 0 aliphatic heterocycles. The lowest BCUT2D eigenvalue weighted by atomic mass is 10.2. The van der Waals surface area contributed by atoms with Crippen LogP contribution in [0.4, 0.5) is 0 Å². The number of ether oxygens (including phenoxy) is 3. The van der Waals surface area contributed by atoms with E-state index in [0.29, 0.717) is 22.9 Å². The second-order valence-corrected chi connectivity index (χ2v) is 3.88. The van der Waals surface area contributed by atoms with Gasteiger partial charge in [-0.05, 0) is 12.1 Å². The van der Waals surface area contributed by atoms with Crippen LogP contribution in [0, 0.1) is 11.3 Å². The van der Waals surface area contributed by atoms with Gasteiger partial charge in [0.2, 0.25) is 0 Å². The summed E-state index contributed by atoms with van der Waals surface area (Å²) in [5, 5.41) is 16.9. The molecule has 1 aromatic heterocycles. The Morgan fingerprint density at radius 2 is 2.05 bits per heavy atom. The number of hydrogen-bond donors (Lipinski definition) is 0. The molecule has 0 aliphatic carbocycles. The highest BCUT2D eigenvalue weighted by molar-refractivity contribution is 5.51. The van der Waals surface area contributed by atoms with Crippen LogP contribution >= 0.6 is 0 Å². The predicted molar refractivity (Wildman–Crippen MR) is 69.9 cm³/mol. The van der Waals surface area contributed by atoms with E-state index in [1.165, 1.54) is 4.68 Å². The molecule has 1 aromatic carbocycles. The highest BCUT2D eigenvalue weighted by Crippen LogP contribution is 2.28. The monoisotopic (exact) mass is 274 g/mol. The van der Waals surface area contributed by atoms with Crippen LogP contribution in [0.1, 0.15) is 11.4 Å². The number of aromatic nitrogens is 3. The van der Waals surface area contributed by atoms with Crippen molar-refractivity contribution < 1.29 is 14.2 Å². The van der Waals surface area contributed by atoms with Gasteiger partial charge in [-0.1, -0.05) is 5.21 Å². The van der Waals surface area contributed by atoms with E-state index in [1.807, 2.05) is 6.07 Å². The predicted octanol–water partition coefficient (Wildman–Crippen LogP) is 1.30. The molecule has 7 heteroatoms. The van der Waals surface area contributed by atoms with Gasteiger partial charge in [-0.25, -0.2) is 4.68 Å². The lowest BCUT2D eigenvalue weighted by Crippen LogP contribution is -2.06. The first-order chi connectivity index (χ1) is 9.74. The van der Waals surface area contributed by atoms with Crippen LogP contribution in [0.25, 0.3) is 5.69 Å². The van der Waals surface area contributed by atoms with Crippen LogP contribution < -0.4 is 9.47 Å². The van der Waals surface area contributed by atoms with Crippen LogP contribution in [0.2, 0.25) is 0 Å². The van der Waals surface area contributed by atoms with Crippen molar-refractivity contribution in [2.45, 2.75) is 6.61 Å². The molecular formula is C13H14N4O3. The third kappa shape index (κ3) is 2.41. The topological polar surface area (TPSA) is 82.2 Å². The van der Waals surface area contributed by atoms with Crippen LogP contribution in [-0.2, 0) is 11.3 Å². The number of rotatable bonds is 5. The van der Waals surface area contributed by atoms with Crippen molar-refractivity contribution >= 4 is 0 Å². The summed E-state index contributed by atoms with van der Waals surface area (Å²) in [4.78, 5) is 0. The number of nitrogens with zero attached hydrogens (tertiary/aromatic N) is 4. The van der Waals surface area contributed by atoms with Gasteiger partial charge in [-0.15, -0.1) is 5.10 Å². The molecule has 0 spiro atoms. The Bertz CT molecular complexity index is 646. The Kier molecular flexibility index (Phi) is 4.17. The lowest BCUT2D eigenvalue weighted by molar-refractivity contribution is 0.179. The average Bonchev–Trinajstić information content (AvgIpc) is 2.89. The molecule has 0 aliphatic rings. The van der Waals surface area contributed by atoms with Gasteiger partial charge >= 0.3 is 0 Å². The van der Waals surface area contributed by atoms with Crippen molar-refractivity contribution in [2.24, 2.45) is 0 Å². The molecule has 0 N–H and O–H groups in total. The summed E-state index contributed by atoms with van der Waals surface area (Å²) in [6.45, 7) is 0.227. The molecule has 104 valence electrons. The van der Waals surface area contributed by atoms with Crippen LogP contribution in [0.15, 0.2) is 18.2 Å². The summed E-state index contributed by atoms with van der Waals surface area (Å²) >= 11 is 0. The summed E-state index contributed by atoms with van der Waals surface area (Å²) in [7, 11) is 4.67. The highest BCUT2D eigenvalue weighted by atomic mass is 16.5. The summed E-state index contributed by atoms with van der Waals surface area (Å²) in [5.74, 6) is 1.23. The molecule has 0 bridgehead atoms. The lowest BCUT2D eigenvalue weighted by Gasteiger charge is -2.11. The van der Waals surface area contributed by atoms with Gasteiger partial charge in [0.1, 0.15) is 28.9 Å². The smallest absolute Gasteiger partial charge is 0.188 e. The normalized spacial score (nSPS) is 10.1. The number of benzene rings is 1. The first-order valence-corrected chi connectivity index (χ1v) is 5.81. The zero-order valence-electron chi connectivity index (χ0n) is 11.5. The first-order valence-electron chi connectivity index (χ1n) is 5.81. The van der Waals surface area contributed by atoms with Crippen molar-refractivity contribution in [1.82, 2.24) is 15.0 Å². The third-order valence-electron chi connectivity index (χ3n) is 2.77. The molecule has 0 fully saturated rings. The third-order valence-corrected chi connectivity index (χ3v) is 2.77. The van der Waals surface area contributed by atoms with Crippen molar-refractivity contribution in [3.8, 4) is 23.3 Å². The SMILES string of the molecule is COCc1c(C#N)nnn1-c1ccc(OC)cc1OC. The van der Waals surface area contributed by atoms with Gasteiger partial charge in [0.25, 0.3) is 0 Å². The number of hydrogen-bond acceptors (Lipinski definition) is 6. The Hall–Kier alpha value is -2.59. The maximum Gasteiger partial charge on any atom is 0.188 e. The maximum atomic E-state index is 9.04. The quantitative estimate of drug-likeness (QED) is 0.817. The average molecular weight is 274 g/mol. The fourth-order valence-corrected chi connectivity index (χ4v) is 1.81. The van der Waals surface area contributed by atoms with Gasteiger partial charge in [0, 0.05) is 13.2 Å². The second kappa shape index (κ2) is 6.04. The van der Waals surface area contributed by atoms with Crippen molar-refractivity contribution in [1.29, 1.82) is 5.26 Å². The molecule has 2 aromatic rings. The van der Waals surface area contributed by atoms with E-state index in [4.69, 9.17) is 19.5 Å². The van der Waals surface area contributed by atoms with Gasteiger partial charge in [0.05, 0.1) is 20.8 Å². The van der Waals surface area contributed by atoms with Crippen molar-refractivity contribution in [3.05, 3.63) is 29.6 Å². The fraction of sp³-hybridized carbons (Fsp3) is 0.308. The first kappa shape index (κ1) is 13.8. The molecule has 7 nitrogen and oxygen atoms in total. The zero-order chi connectivity index (χ0) is 14.5. The summed E-state index contributed by atoms with van der Waals surface area (Å²) < 4.78 is 17.1. The Morgan fingerprint density at radius 3 is 2.65 bits per heavy atom. The van der Waals surface area contributed by atoms with Crippen molar-refractivity contribution in [2.75, 3.05) is 21.3 Å². The molecule has 0 unspecified atom stereocenters. The van der Waals surface area contributed by atoms with Crippen molar-refractivity contribution in [3.63, 3.8) is 0 Å². The summed E-state index contributed by atoms with van der Waals surface area (Å²) in [5.41, 5.74) is 1.46. The van der Waals surface area contributed by atoms with E-state index in [2.05, 4.69) is 10.3 Å². The van der Waals surface area contributed by atoms with Gasteiger partial charge in [0.15, 0.2) is 5.69 Å². The molecule has 2 rings (SSSR count). The van der Waals surface area contributed by atoms with E-state index in [0.717, 1.165) is 0 Å². The minimum atomic E-state index is 0.227. The van der Waals surface area contributed by atoms with Crippen LogP contribution in [0.3, 0.4) is 0 Å². The van der Waals surface area contributed by atoms with Gasteiger partial charge in [-0.2, -0.15) is 5.26 Å². The molecule has 0 atom stereocenters. The number of methoxy groups -OCH3 is 3. The van der Waals surface area contributed by atoms with E-state index >= 15 is 0 Å². The fourth-order valence-electron chi connectivity index (χ4n) is 1.81. The van der Waals surface area contributed by atoms with E-state index in [-0.39, 0.29) is 12.3 Å². The molecule has 0 amide bonds. The Morgan fingerprint density at radius 1 is 1.25 bits per heavy atom. The van der Waals surface area contributed by atoms with E-state index in [1.54, 1.807) is 39.5 Å². The number of nitriles is 1. The maximum absolute atomic E-state index is 9.04. The summed E-state index contributed by atoms with van der Waals surface area (Å²) in [6.07, 6.45) is 0. The van der Waals surface area contributed by atoms with Gasteiger partial charge in [-0.3, -0.25) is 0 Å². The largest absolute Gasteiger partial charge is 0.497 e. The zero-order valence-corrected chi connectivity index (χ0v) is 11.5. The van der Waals surface area contributed by atoms with Gasteiger partial charge < -0.3 is 14.2 Å². The minimum absolute atomic E-state index is 0.227. The molecule has 1 heterocycles.